The molecule has 1 rings (SSSR count). The van der Waals surface area contributed by atoms with Crippen molar-refractivity contribution in [3.05, 3.63) is 0 Å². The maximum absolute atomic E-state index is 10.4. The highest BCUT2D eigenvalue weighted by Gasteiger charge is 2.27. The first-order valence-corrected chi connectivity index (χ1v) is 2.77. The first kappa shape index (κ1) is 5.85. The summed E-state index contributed by atoms with van der Waals surface area (Å²) >= 11 is 5.32. The molecule has 46 valence electrons. The molecule has 0 N–H and O–H groups in total. The second-order valence-corrected chi connectivity index (χ2v) is 1.85. The van der Waals surface area contributed by atoms with Gasteiger partial charge in [-0.15, -0.1) is 11.6 Å². The summed E-state index contributed by atoms with van der Waals surface area (Å²) in [5, 5.41) is 0. The predicted molar refractivity (Wildman–Crippen MR) is 26.3 cm³/mol. The van der Waals surface area contributed by atoms with E-state index in [1.54, 1.807) is 0 Å². The highest BCUT2D eigenvalue weighted by atomic mass is 35.5. The van der Waals surface area contributed by atoms with Crippen molar-refractivity contribution in [3.8, 4) is 0 Å². The van der Waals surface area contributed by atoms with Crippen molar-refractivity contribution >= 4 is 17.6 Å². The van der Waals surface area contributed by atoms with Crippen molar-refractivity contribution in [2.24, 2.45) is 5.92 Å². The molecule has 0 aromatic heterocycles. The molecule has 1 aliphatic heterocycles. The van der Waals surface area contributed by atoms with Gasteiger partial charge in [0, 0.05) is 5.88 Å². The van der Waals surface area contributed by atoms with Gasteiger partial charge in [0.25, 0.3) is 0 Å². The molecule has 0 spiro atoms. The Morgan fingerprint density at radius 1 is 1.88 bits per heavy atom. The van der Waals surface area contributed by atoms with Gasteiger partial charge in [0.2, 0.25) is 0 Å². The van der Waals surface area contributed by atoms with Crippen LogP contribution in [-0.4, -0.2) is 18.5 Å². The lowest BCUT2D eigenvalue weighted by atomic mass is 10.2. The molecule has 0 radical (unpaired) electrons. The van der Waals surface area contributed by atoms with E-state index in [1.165, 1.54) is 0 Å². The van der Waals surface area contributed by atoms with E-state index in [4.69, 9.17) is 11.6 Å². The SMILES string of the molecule is O=C1OOCC1CCl. The molecule has 0 amide bonds. The van der Waals surface area contributed by atoms with Crippen molar-refractivity contribution in [3.63, 3.8) is 0 Å². The topological polar surface area (TPSA) is 35.5 Å². The molecule has 0 aliphatic carbocycles. The second-order valence-electron chi connectivity index (χ2n) is 1.54. The molecule has 1 aliphatic rings. The van der Waals surface area contributed by atoms with Crippen LogP contribution in [0.15, 0.2) is 0 Å². The standard InChI is InChI=1S/C4H5ClO3/c5-1-3-2-7-8-4(3)6/h3H,1-2H2. The van der Waals surface area contributed by atoms with Crippen molar-refractivity contribution in [1.29, 1.82) is 0 Å². The van der Waals surface area contributed by atoms with Gasteiger partial charge in [-0.05, 0) is 0 Å². The van der Waals surface area contributed by atoms with Crippen molar-refractivity contribution in [2.45, 2.75) is 0 Å². The molecule has 1 saturated heterocycles. The molecular formula is C4H5ClO3. The van der Waals surface area contributed by atoms with E-state index in [9.17, 15) is 4.79 Å². The largest absolute Gasteiger partial charge is 0.349 e. The Labute approximate surface area is 51.4 Å². The molecular weight excluding hydrogens is 131 g/mol. The third-order valence-electron chi connectivity index (χ3n) is 0.930. The maximum Gasteiger partial charge on any atom is 0.349 e. The minimum Gasteiger partial charge on any atom is -0.298 e. The first-order valence-electron chi connectivity index (χ1n) is 2.24. The van der Waals surface area contributed by atoms with Crippen LogP contribution in [0, 0.1) is 5.92 Å². The minimum absolute atomic E-state index is 0.253. The predicted octanol–water partition coefficient (Wildman–Crippen LogP) is 0.330. The first-order chi connectivity index (χ1) is 3.84. The summed E-state index contributed by atoms with van der Waals surface area (Å²) in [4.78, 5) is 18.8. The normalized spacial score (nSPS) is 28.1. The van der Waals surface area contributed by atoms with Gasteiger partial charge in [-0.2, -0.15) is 4.89 Å². The summed E-state index contributed by atoms with van der Waals surface area (Å²) in [6, 6.07) is 0. The Kier molecular flexibility index (Phi) is 1.70. The van der Waals surface area contributed by atoms with Crippen LogP contribution in [0.4, 0.5) is 0 Å². The lowest BCUT2D eigenvalue weighted by Crippen LogP contribution is -2.10. The third-order valence-corrected chi connectivity index (χ3v) is 1.30. The number of halogens is 1. The van der Waals surface area contributed by atoms with Crippen LogP contribution in [0.3, 0.4) is 0 Å². The summed E-state index contributed by atoms with van der Waals surface area (Å²) < 4.78 is 0. The molecule has 1 atom stereocenters. The van der Waals surface area contributed by atoms with Gasteiger partial charge in [-0.1, -0.05) is 0 Å². The number of carbonyl (C=O) groups is 1. The van der Waals surface area contributed by atoms with Gasteiger partial charge in [-0.3, -0.25) is 4.89 Å². The molecule has 1 heterocycles. The molecule has 1 unspecified atom stereocenters. The monoisotopic (exact) mass is 136 g/mol. The lowest BCUT2D eigenvalue weighted by Gasteiger charge is -1.89. The molecule has 1 fully saturated rings. The van der Waals surface area contributed by atoms with E-state index in [-0.39, 0.29) is 17.8 Å². The number of rotatable bonds is 1. The molecule has 0 saturated carbocycles. The average Bonchev–Trinajstić information content (AvgIpc) is 2.14. The molecule has 4 heteroatoms. The fraction of sp³-hybridized carbons (Fsp3) is 0.750. The summed E-state index contributed by atoms with van der Waals surface area (Å²) in [5.41, 5.74) is 0. The van der Waals surface area contributed by atoms with Gasteiger partial charge < -0.3 is 0 Å². The molecule has 0 aromatic carbocycles. The van der Waals surface area contributed by atoms with Gasteiger partial charge in [-0.25, -0.2) is 4.79 Å². The number of hydrogen-bond donors (Lipinski definition) is 0. The van der Waals surface area contributed by atoms with E-state index >= 15 is 0 Å². The van der Waals surface area contributed by atoms with E-state index in [2.05, 4.69) is 9.78 Å². The van der Waals surface area contributed by atoms with Crippen LogP contribution < -0.4 is 0 Å². The summed E-state index contributed by atoms with van der Waals surface area (Å²) in [6.45, 7) is 0.294. The van der Waals surface area contributed by atoms with Gasteiger partial charge in [0.05, 0.1) is 0 Å². The number of carbonyl (C=O) groups excluding carboxylic acids is 1. The second kappa shape index (κ2) is 2.33. The maximum atomic E-state index is 10.4. The lowest BCUT2D eigenvalue weighted by molar-refractivity contribution is -0.240. The van der Waals surface area contributed by atoms with Gasteiger partial charge >= 0.3 is 5.97 Å². The van der Waals surface area contributed by atoms with E-state index < -0.39 is 0 Å². The van der Waals surface area contributed by atoms with Crippen LogP contribution in [-0.2, 0) is 14.6 Å². The smallest absolute Gasteiger partial charge is 0.298 e. The van der Waals surface area contributed by atoms with Crippen molar-refractivity contribution in [1.82, 2.24) is 0 Å². The Bertz CT molecular complexity index is 103. The van der Waals surface area contributed by atoms with Crippen LogP contribution in [0.5, 0.6) is 0 Å². The Morgan fingerprint density at radius 3 is 2.88 bits per heavy atom. The Hall–Kier alpha value is -0.280. The van der Waals surface area contributed by atoms with Crippen molar-refractivity contribution in [2.75, 3.05) is 12.5 Å². The average molecular weight is 137 g/mol. The molecule has 0 aromatic rings. The van der Waals surface area contributed by atoms with Crippen LogP contribution in [0.2, 0.25) is 0 Å². The fourth-order valence-corrected chi connectivity index (χ4v) is 0.633. The summed E-state index contributed by atoms with van der Waals surface area (Å²) in [6.07, 6.45) is 0. The zero-order valence-electron chi connectivity index (χ0n) is 4.09. The minimum atomic E-state index is -0.361. The number of alkyl halides is 1. The zero-order chi connectivity index (χ0) is 5.98. The molecule has 8 heavy (non-hydrogen) atoms. The van der Waals surface area contributed by atoms with Crippen LogP contribution >= 0.6 is 11.6 Å². The third kappa shape index (κ3) is 0.928. The van der Waals surface area contributed by atoms with E-state index in [0.717, 1.165) is 0 Å². The highest BCUT2D eigenvalue weighted by Crippen LogP contribution is 2.10. The van der Waals surface area contributed by atoms with Gasteiger partial charge in [0.15, 0.2) is 0 Å². The number of hydrogen-bond acceptors (Lipinski definition) is 3. The van der Waals surface area contributed by atoms with Gasteiger partial charge in [0.1, 0.15) is 12.5 Å². The fourth-order valence-electron chi connectivity index (χ4n) is 0.418. The zero-order valence-corrected chi connectivity index (χ0v) is 4.85. The summed E-state index contributed by atoms with van der Waals surface area (Å²) in [5.74, 6) is -0.338. The quantitative estimate of drug-likeness (QED) is 0.385. The van der Waals surface area contributed by atoms with Crippen LogP contribution in [0.25, 0.3) is 0 Å². The highest BCUT2D eigenvalue weighted by molar-refractivity contribution is 6.19. The Morgan fingerprint density at radius 2 is 2.62 bits per heavy atom. The van der Waals surface area contributed by atoms with Crippen molar-refractivity contribution < 1.29 is 14.6 Å². The Balaban J connectivity index is 2.42. The summed E-state index contributed by atoms with van der Waals surface area (Å²) in [7, 11) is 0. The molecule has 3 nitrogen and oxygen atoms in total. The van der Waals surface area contributed by atoms with E-state index in [0.29, 0.717) is 6.61 Å². The molecule has 0 bridgehead atoms. The van der Waals surface area contributed by atoms with E-state index in [1.807, 2.05) is 0 Å². The van der Waals surface area contributed by atoms with Crippen LogP contribution in [0.1, 0.15) is 0 Å².